The van der Waals surface area contributed by atoms with Crippen LogP contribution in [0.5, 0.6) is 0 Å². The van der Waals surface area contributed by atoms with Gasteiger partial charge in [-0.05, 0) is 60.4 Å². The fraction of sp³-hybridized carbons (Fsp3) is 0.500. The molecule has 0 saturated carbocycles. The van der Waals surface area contributed by atoms with Gasteiger partial charge in [-0.3, -0.25) is 0 Å². The Morgan fingerprint density at radius 3 is 2.57 bits per heavy atom. The summed E-state index contributed by atoms with van der Waals surface area (Å²) < 4.78 is 7.66. The summed E-state index contributed by atoms with van der Waals surface area (Å²) in [6, 6.07) is 6.51. The number of nitrogens with one attached hydrogen (secondary N) is 1. The third kappa shape index (κ3) is 4.74. The number of aryl methyl sites for hydroxylation is 2. The lowest BCUT2D eigenvalue weighted by Crippen LogP contribution is -2.36. The first-order chi connectivity index (χ1) is 16.7. The van der Waals surface area contributed by atoms with Crippen LogP contribution >= 0.6 is 0 Å². The first-order valence-corrected chi connectivity index (χ1v) is 12.7. The number of imidazole rings is 1. The van der Waals surface area contributed by atoms with Crippen LogP contribution in [0.25, 0.3) is 16.8 Å². The van der Waals surface area contributed by atoms with Gasteiger partial charge in [0.2, 0.25) is 0 Å². The zero-order valence-electron chi connectivity index (χ0n) is 21.6. The molecule has 4 heterocycles. The maximum Gasteiger partial charge on any atom is 0.321 e. The topological polar surface area (TPSA) is 62.1 Å². The summed E-state index contributed by atoms with van der Waals surface area (Å²) in [7, 11) is 0. The molecule has 2 aliphatic rings. The van der Waals surface area contributed by atoms with E-state index >= 15 is 0 Å². The number of anilines is 2. The molecule has 0 aliphatic carbocycles. The van der Waals surface area contributed by atoms with Crippen molar-refractivity contribution in [1.82, 2.24) is 14.3 Å². The average molecular weight is 476 g/mol. The Morgan fingerprint density at radius 2 is 1.86 bits per heavy atom. The molecule has 2 aromatic heterocycles. The molecule has 0 bridgehead atoms. The molecule has 2 fully saturated rings. The lowest BCUT2D eigenvalue weighted by atomic mass is 9.80. The summed E-state index contributed by atoms with van der Waals surface area (Å²) in [5.41, 5.74) is 7.64. The summed E-state index contributed by atoms with van der Waals surface area (Å²) in [6.07, 6.45) is 7.03. The highest BCUT2D eigenvalue weighted by Gasteiger charge is 2.34. The van der Waals surface area contributed by atoms with Crippen LogP contribution in [-0.2, 0) is 4.74 Å². The first-order valence-electron chi connectivity index (χ1n) is 12.7. The van der Waals surface area contributed by atoms with Gasteiger partial charge in [0, 0.05) is 56.0 Å². The third-order valence-corrected chi connectivity index (χ3v) is 7.64. The largest absolute Gasteiger partial charge is 0.378 e. The van der Waals surface area contributed by atoms with Crippen LogP contribution in [0.4, 0.5) is 16.2 Å². The van der Waals surface area contributed by atoms with Crippen molar-refractivity contribution in [3.63, 3.8) is 0 Å². The van der Waals surface area contributed by atoms with E-state index in [0.717, 1.165) is 79.5 Å². The third-order valence-electron chi connectivity index (χ3n) is 7.64. The molecule has 35 heavy (non-hydrogen) atoms. The number of likely N-dealkylation sites (tertiary alicyclic amines) is 1. The molecule has 0 spiro atoms. The molecule has 3 aromatic rings. The number of pyridine rings is 1. The molecule has 7 nitrogen and oxygen atoms in total. The van der Waals surface area contributed by atoms with Crippen LogP contribution in [0.15, 0.2) is 36.8 Å². The second-order valence-corrected chi connectivity index (χ2v) is 11.1. The summed E-state index contributed by atoms with van der Waals surface area (Å²) in [5.74, 6) is 0.531. The smallest absolute Gasteiger partial charge is 0.321 e. The lowest BCUT2D eigenvalue weighted by molar-refractivity contribution is 0.123. The maximum absolute atomic E-state index is 13.2. The number of ether oxygens (including phenoxy) is 1. The Morgan fingerprint density at radius 1 is 1.09 bits per heavy atom. The summed E-state index contributed by atoms with van der Waals surface area (Å²) in [5, 5.41) is 3.21. The van der Waals surface area contributed by atoms with E-state index in [4.69, 9.17) is 4.74 Å². The Bertz CT molecular complexity index is 1240. The number of carbonyl (C=O) groups is 1. The van der Waals surface area contributed by atoms with E-state index in [-0.39, 0.29) is 11.4 Å². The second-order valence-electron chi connectivity index (χ2n) is 11.1. The van der Waals surface area contributed by atoms with Crippen molar-refractivity contribution in [3.8, 4) is 11.1 Å². The molecule has 2 saturated heterocycles. The number of morpholine rings is 1. The summed E-state index contributed by atoms with van der Waals surface area (Å²) in [4.78, 5) is 22.1. The second kappa shape index (κ2) is 9.19. The van der Waals surface area contributed by atoms with Gasteiger partial charge >= 0.3 is 6.03 Å². The zero-order valence-corrected chi connectivity index (χ0v) is 21.6. The Balaban J connectivity index is 1.45. The Hall–Kier alpha value is -3.06. The van der Waals surface area contributed by atoms with Gasteiger partial charge in [0.25, 0.3) is 0 Å². The van der Waals surface area contributed by atoms with Gasteiger partial charge in [0.05, 0.1) is 18.9 Å². The van der Waals surface area contributed by atoms with E-state index in [1.54, 1.807) is 0 Å². The van der Waals surface area contributed by atoms with Crippen molar-refractivity contribution >= 4 is 23.1 Å². The number of urea groups is 1. The molecule has 186 valence electrons. The van der Waals surface area contributed by atoms with Gasteiger partial charge in [0.15, 0.2) is 5.65 Å². The van der Waals surface area contributed by atoms with Gasteiger partial charge in [0.1, 0.15) is 0 Å². The predicted molar refractivity (Wildman–Crippen MR) is 141 cm³/mol. The number of carbonyl (C=O) groups excluding carboxylic acids is 1. The van der Waals surface area contributed by atoms with Crippen molar-refractivity contribution in [2.24, 2.45) is 11.3 Å². The predicted octanol–water partition coefficient (Wildman–Crippen LogP) is 5.35. The zero-order chi connectivity index (χ0) is 24.7. The van der Waals surface area contributed by atoms with Crippen molar-refractivity contribution < 1.29 is 9.53 Å². The molecule has 0 radical (unpaired) electrons. The standard InChI is InChI=1S/C28H37N5O2/c1-19-14-20(2)24(30-27(34)33-8-6-22(18-33)28(3,4)5)16-23(19)21-15-25(31-10-12-35-13-11-31)26-29-7-9-32(26)17-21/h7,9,14-17,22H,6,8,10-13,18H2,1-5H3,(H,30,34). The first kappa shape index (κ1) is 23.7. The molecule has 1 unspecified atom stereocenters. The number of nitrogens with zero attached hydrogens (tertiary/aromatic N) is 4. The van der Waals surface area contributed by atoms with Crippen molar-refractivity contribution in [1.29, 1.82) is 0 Å². The number of rotatable bonds is 3. The van der Waals surface area contributed by atoms with E-state index in [1.165, 1.54) is 5.56 Å². The van der Waals surface area contributed by atoms with E-state index in [0.29, 0.717) is 5.92 Å². The molecule has 1 N–H and O–H groups in total. The van der Waals surface area contributed by atoms with Gasteiger partial charge in [-0.15, -0.1) is 0 Å². The van der Waals surface area contributed by atoms with Crippen molar-refractivity contribution in [3.05, 3.63) is 47.9 Å². The normalized spacial score (nSPS) is 18.9. The fourth-order valence-corrected chi connectivity index (χ4v) is 5.34. The highest BCUT2D eigenvalue weighted by Crippen LogP contribution is 2.35. The van der Waals surface area contributed by atoms with Crippen LogP contribution in [-0.4, -0.2) is 59.7 Å². The van der Waals surface area contributed by atoms with E-state index in [1.807, 2.05) is 17.3 Å². The molecular weight excluding hydrogens is 438 g/mol. The lowest BCUT2D eigenvalue weighted by Gasteiger charge is -2.29. The summed E-state index contributed by atoms with van der Waals surface area (Å²) >= 11 is 0. The van der Waals surface area contributed by atoms with Gasteiger partial charge in [-0.2, -0.15) is 0 Å². The fourth-order valence-electron chi connectivity index (χ4n) is 5.34. The number of hydrogen-bond donors (Lipinski definition) is 1. The number of aromatic nitrogens is 2. The molecule has 2 aliphatic heterocycles. The molecular formula is C28H37N5O2. The number of amides is 2. The highest BCUT2D eigenvalue weighted by molar-refractivity contribution is 5.92. The molecule has 1 aromatic carbocycles. The molecule has 5 rings (SSSR count). The number of benzene rings is 1. The van der Waals surface area contributed by atoms with Crippen LogP contribution in [0, 0.1) is 25.2 Å². The monoisotopic (exact) mass is 475 g/mol. The van der Waals surface area contributed by atoms with E-state index < -0.39 is 0 Å². The van der Waals surface area contributed by atoms with Crippen molar-refractivity contribution in [2.75, 3.05) is 49.6 Å². The maximum atomic E-state index is 13.2. The SMILES string of the molecule is Cc1cc(C)c(-c2cc(N3CCOCC3)c3nccn3c2)cc1NC(=O)N1CCC(C(C)(C)C)C1. The van der Waals surface area contributed by atoms with Gasteiger partial charge in [-0.25, -0.2) is 9.78 Å². The van der Waals surface area contributed by atoms with E-state index in [9.17, 15) is 4.79 Å². The Kier molecular flexibility index (Phi) is 6.21. The van der Waals surface area contributed by atoms with Crippen LogP contribution < -0.4 is 10.2 Å². The Labute approximate surface area is 208 Å². The minimum atomic E-state index is -0.00581. The summed E-state index contributed by atoms with van der Waals surface area (Å²) in [6.45, 7) is 15.8. The minimum Gasteiger partial charge on any atom is -0.378 e. The van der Waals surface area contributed by atoms with Crippen LogP contribution in [0.1, 0.15) is 38.3 Å². The van der Waals surface area contributed by atoms with Crippen LogP contribution in [0.2, 0.25) is 0 Å². The number of hydrogen-bond acceptors (Lipinski definition) is 4. The van der Waals surface area contributed by atoms with E-state index in [2.05, 4.69) is 78.6 Å². The molecule has 1 atom stereocenters. The van der Waals surface area contributed by atoms with Crippen molar-refractivity contribution in [2.45, 2.75) is 41.0 Å². The minimum absolute atomic E-state index is 0.00581. The van der Waals surface area contributed by atoms with Gasteiger partial charge < -0.3 is 24.3 Å². The van der Waals surface area contributed by atoms with Crippen LogP contribution in [0.3, 0.4) is 0 Å². The molecule has 7 heteroatoms. The number of fused-ring (bicyclic) bond motifs is 1. The molecule has 2 amide bonds. The average Bonchev–Trinajstić information content (AvgIpc) is 3.50. The highest BCUT2D eigenvalue weighted by atomic mass is 16.5. The van der Waals surface area contributed by atoms with Gasteiger partial charge in [-0.1, -0.05) is 26.8 Å². The quantitative estimate of drug-likeness (QED) is 0.554.